The molecule has 0 saturated carbocycles. The molecule has 1 aliphatic rings. The first kappa shape index (κ1) is 18.8. The fraction of sp³-hybridized carbons (Fsp3) is 0.476. The molecule has 1 atom stereocenters. The lowest BCUT2D eigenvalue weighted by atomic mass is 10.1. The lowest BCUT2D eigenvalue weighted by Gasteiger charge is -2.41. The van der Waals surface area contributed by atoms with Crippen LogP contribution in [0.15, 0.2) is 54.4 Å². The van der Waals surface area contributed by atoms with Crippen LogP contribution in [-0.2, 0) is 6.54 Å². The molecule has 1 aliphatic heterocycles. The highest BCUT2D eigenvalue weighted by atomic mass is 16.3. The van der Waals surface area contributed by atoms with Crippen LogP contribution in [0.4, 0.5) is 0 Å². The van der Waals surface area contributed by atoms with Gasteiger partial charge >= 0.3 is 0 Å². The van der Waals surface area contributed by atoms with E-state index in [1.54, 1.807) is 6.20 Å². The van der Waals surface area contributed by atoms with E-state index < -0.39 is 0 Å². The van der Waals surface area contributed by atoms with E-state index in [2.05, 4.69) is 59.1 Å². The highest BCUT2D eigenvalue weighted by Gasteiger charge is 2.25. The fourth-order valence-electron chi connectivity index (χ4n) is 3.54. The first-order valence-corrected chi connectivity index (χ1v) is 9.45. The van der Waals surface area contributed by atoms with Crippen LogP contribution in [0.1, 0.15) is 25.8 Å². The number of aliphatic hydroxyl groups is 1. The molecule has 0 radical (unpaired) electrons. The van der Waals surface area contributed by atoms with Gasteiger partial charge in [0.05, 0.1) is 5.69 Å². The van der Waals surface area contributed by atoms with Crippen molar-refractivity contribution in [2.24, 2.45) is 0 Å². The van der Waals surface area contributed by atoms with E-state index in [-0.39, 0.29) is 6.61 Å². The smallest absolute Gasteiger partial charge is 0.0648 e. The predicted octanol–water partition coefficient (Wildman–Crippen LogP) is 2.71. The molecule has 26 heavy (non-hydrogen) atoms. The molecular weight excluding hydrogens is 324 g/mol. The number of hydrogen-bond donors (Lipinski definition) is 1. The Labute approximate surface area is 156 Å². The van der Waals surface area contributed by atoms with Gasteiger partial charge in [0.2, 0.25) is 0 Å². The van der Waals surface area contributed by atoms with Crippen LogP contribution >= 0.6 is 0 Å². The van der Waals surface area contributed by atoms with Crippen molar-refractivity contribution in [2.75, 3.05) is 32.8 Å². The number of benzene rings is 1. The zero-order valence-electron chi connectivity index (χ0n) is 15.9. The van der Waals surface area contributed by atoms with Crippen LogP contribution in [0.5, 0.6) is 0 Å². The highest BCUT2D eigenvalue weighted by Crippen LogP contribution is 2.17. The van der Waals surface area contributed by atoms with Gasteiger partial charge < -0.3 is 5.11 Å². The van der Waals surface area contributed by atoms with Crippen LogP contribution in [0.25, 0.3) is 5.69 Å². The van der Waals surface area contributed by atoms with E-state index in [1.165, 1.54) is 11.1 Å². The molecule has 2 aromatic rings. The van der Waals surface area contributed by atoms with Gasteiger partial charge in [-0.1, -0.05) is 23.8 Å². The van der Waals surface area contributed by atoms with Crippen molar-refractivity contribution in [3.05, 3.63) is 59.9 Å². The second-order valence-electron chi connectivity index (χ2n) is 7.30. The Morgan fingerprint density at radius 3 is 2.88 bits per heavy atom. The Morgan fingerprint density at radius 2 is 2.15 bits per heavy atom. The van der Waals surface area contributed by atoms with Crippen LogP contribution in [0.3, 0.4) is 0 Å². The maximum absolute atomic E-state index is 9.46. The summed E-state index contributed by atoms with van der Waals surface area (Å²) in [6, 6.07) is 10.9. The van der Waals surface area contributed by atoms with Gasteiger partial charge in [0.1, 0.15) is 0 Å². The molecule has 0 amide bonds. The highest BCUT2D eigenvalue weighted by molar-refractivity contribution is 5.35. The van der Waals surface area contributed by atoms with Gasteiger partial charge in [0, 0.05) is 57.8 Å². The van der Waals surface area contributed by atoms with Crippen molar-refractivity contribution < 1.29 is 5.11 Å². The predicted molar refractivity (Wildman–Crippen MR) is 105 cm³/mol. The lowest BCUT2D eigenvalue weighted by Crippen LogP contribution is -2.53. The molecule has 1 saturated heterocycles. The Kier molecular flexibility index (Phi) is 6.61. The molecule has 0 unspecified atom stereocenters. The maximum atomic E-state index is 9.46. The number of allylic oxidation sites excluding steroid dienone is 1. The average molecular weight is 354 g/mol. The summed E-state index contributed by atoms with van der Waals surface area (Å²) in [5.41, 5.74) is 3.76. The molecule has 1 N–H and O–H groups in total. The van der Waals surface area contributed by atoms with E-state index in [1.807, 2.05) is 16.9 Å². The molecule has 1 aromatic carbocycles. The summed E-state index contributed by atoms with van der Waals surface area (Å²) in [5.74, 6) is 0. The van der Waals surface area contributed by atoms with Gasteiger partial charge in [-0.2, -0.15) is 5.10 Å². The van der Waals surface area contributed by atoms with Crippen LogP contribution < -0.4 is 0 Å². The second kappa shape index (κ2) is 9.12. The Morgan fingerprint density at radius 1 is 1.27 bits per heavy atom. The van der Waals surface area contributed by atoms with E-state index in [9.17, 15) is 5.11 Å². The fourth-order valence-corrected chi connectivity index (χ4v) is 3.54. The van der Waals surface area contributed by atoms with E-state index in [0.717, 1.165) is 44.8 Å². The van der Waals surface area contributed by atoms with Gasteiger partial charge in [0.25, 0.3) is 0 Å². The monoisotopic (exact) mass is 354 g/mol. The van der Waals surface area contributed by atoms with Gasteiger partial charge in [-0.25, -0.2) is 4.68 Å². The van der Waals surface area contributed by atoms with Crippen LogP contribution in [0.2, 0.25) is 0 Å². The number of nitrogens with zero attached hydrogens (tertiary/aromatic N) is 4. The first-order chi connectivity index (χ1) is 12.7. The van der Waals surface area contributed by atoms with E-state index >= 15 is 0 Å². The van der Waals surface area contributed by atoms with Crippen LogP contribution in [0, 0.1) is 0 Å². The summed E-state index contributed by atoms with van der Waals surface area (Å²) in [4.78, 5) is 5.00. The summed E-state index contributed by atoms with van der Waals surface area (Å²) in [6.45, 7) is 9.57. The Hall–Kier alpha value is -1.95. The van der Waals surface area contributed by atoms with Crippen molar-refractivity contribution in [3.8, 4) is 5.69 Å². The molecule has 3 rings (SSSR count). The molecule has 5 heteroatoms. The molecule has 0 spiro atoms. The van der Waals surface area contributed by atoms with Crippen molar-refractivity contribution in [1.82, 2.24) is 19.6 Å². The molecular formula is C21H30N4O. The average Bonchev–Trinajstić information content (AvgIpc) is 3.16. The molecule has 1 aromatic heterocycles. The Balaban J connectivity index is 1.64. The van der Waals surface area contributed by atoms with Crippen molar-refractivity contribution in [2.45, 2.75) is 32.9 Å². The minimum atomic E-state index is 0.249. The van der Waals surface area contributed by atoms with E-state index in [4.69, 9.17) is 0 Å². The molecule has 1 fully saturated rings. The lowest BCUT2D eigenvalue weighted by molar-refractivity contribution is 0.0637. The SMILES string of the molecule is CC(C)=CCN1CCN(Cc2cccc(-n3cccn3)c2)C[C@H]1CCO. The summed E-state index contributed by atoms with van der Waals surface area (Å²) >= 11 is 0. The number of aromatic nitrogens is 2. The third kappa shape index (κ3) is 5.04. The van der Waals surface area contributed by atoms with Gasteiger partial charge in [-0.05, 0) is 44.0 Å². The Bertz CT molecular complexity index is 707. The number of rotatable bonds is 7. The minimum absolute atomic E-state index is 0.249. The second-order valence-corrected chi connectivity index (χ2v) is 7.30. The zero-order valence-corrected chi connectivity index (χ0v) is 15.9. The largest absolute Gasteiger partial charge is 0.396 e. The van der Waals surface area contributed by atoms with Crippen molar-refractivity contribution in [3.63, 3.8) is 0 Å². The third-order valence-electron chi connectivity index (χ3n) is 4.97. The molecule has 2 heterocycles. The third-order valence-corrected chi connectivity index (χ3v) is 4.97. The van der Waals surface area contributed by atoms with Gasteiger partial charge in [0.15, 0.2) is 0 Å². The van der Waals surface area contributed by atoms with Crippen molar-refractivity contribution in [1.29, 1.82) is 0 Å². The molecule has 0 bridgehead atoms. The van der Waals surface area contributed by atoms with Crippen LogP contribution in [-0.4, -0.2) is 63.5 Å². The standard InChI is InChI=1S/C21H30N4O/c1-18(2)7-11-24-13-12-23(17-21(24)8-14-26)16-19-5-3-6-20(15-19)25-10-4-9-22-25/h3-7,9-10,15,21,26H,8,11-14,16-17H2,1-2H3/t21-/m1/s1. The molecule has 0 aliphatic carbocycles. The maximum Gasteiger partial charge on any atom is 0.0648 e. The topological polar surface area (TPSA) is 44.5 Å². The minimum Gasteiger partial charge on any atom is -0.396 e. The first-order valence-electron chi connectivity index (χ1n) is 9.45. The summed E-state index contributed by atoms with van der Waals surface area (Å²) < 4.78 is 1.90. The molecule has 140 valence electrons. The normalized spacial score (nSPS) is 18.8. The summed E-state index contributed by atoms with van der Waals surface area (Å²) in [5, 5.41) is 13.8. The number of hydrogen-bond acceptors (Lipinski definition) is 4. The summed E-state index contributed by atoms with van der Waals surface area (Å²) in [6.07, 6.45) is 6.89. The van der Waals surface area contributed by atoms with Gasteiger partial charge in [-0.3, -0.25) is 9.80 Å². The van der Waals surface area contributed by atoms with Gasteiger partial charge in [-0.15, -0.1) is 0 Å². The summed E-state index contributed by atoms with van der Waals surface area (Å²) in [7, 11) is 0. The zero-order chi connectivity index (χ0) is 18.4. The van der Waals surface area contributed by atoms with Crippen molar-refractivity contribution >= 4 is 0 Å². The number of aliphatic hydroxyl groups excluding tert-OH is 1. The number of piperazine rings is 1. The molecule has 5 nitrogen and oxygen atoms in total. The van der Waals surface area contributed by atoms with E-state index in [0.29, 0.717) is 6.04 Å². The quantitative estimate of drug-likeness (QED) is 0.777.